The van der Waals surface area contributed by atoms with Crippen LogP contribution in [-0.2, 0) is 9.59 Å². The predicted molar refractivity (Wildman–Crippen MR) is 90.5 cm³/mol. The number of rotatable bonds is 4. The van der Waals surface area contributed by atoms with Crippen LogP contribution in [0.3, 0.4) is 0 Å². The fraction of sp³-hybridized carbons (Fsp3) is 0.222. The average molecular weight is 326 g/mol. The Morgan fingerprint density at radius 1 is 1.25 bits per heavy atom. The van der Waals surface area contributed by atoms with Gasteiger partial charge in [-0.2, -0.15) is 0 Å². The van der Waals surface area contributed by atoms with Gasteiger partial charge in [0.15, 0.2) is 12.7 Å². The topological polar surface area (TPSA) is 67.9 Å². The maximum atomic E-state index is 12.0. The number of hydrogen-bond donors (Lipinski definition) is 1. The first-order valence-electron chi connectivity index (χ1n) is 7.60. The Morgan fingerprint density at radius 3 is 2.75 bits per heavy atom. The fourth-order valence-electron chi connectivity index (χ4n) is 2.45. The Balaban J connectivity index is 1.66. The minimum Gasteiger partial charge on any atom is -0.484 e. The number of benzene rings is 2. The van der Waals surface area contributed by atoms with Gasteiger partial charge in [-0.25, -0.2) is 0 Å². The van der Waals surface area contributed by atoms with Crippen LogP contribution < -0.4 is 19.7 Å². The van der Waals surface area contributed by atoms with E-state index in [9.17, 15) is 9.59 Å². The van der Waals surface area contributed by atoms with E-state index in [1.807, 2.05) is 18.2 Å². The Hall–Kier alpha value is -3.02. The van der Waals surface area contributed by atoms with Gasteiger partial charge in [-0.3, -0.25) is 9.59 Å². The van der Waals surface area contributed by atoms with Crippen LogP contribution in [-0.4, -0.2) is 31.6 Å². The van der Waals surface area contributed by atoms with Crippen LogP contribution in [0.5, 0.6) is 11.5 Å². The molecule has 1 heterocycles. The van der Waals surface area contributed by atoms with E-state index in [2.05, 4.69) is 5.32 Å². The number of carbonyl (C=O) groups is 2. The Morgan fingerprint density at radius 2 is 2.00 bits per heavy atom. The summed E-state index contributed by atoms with van der Waals surface area (Å²) in [6.45, 7) is 1.61. The molecular weight excluding hydrogens is 308 g/mol. The minimum atomic E-state index is -0.512. The molecule has 124 valence electrons. The van der Waals surface area contributed by atoms with Crippen molar-refractivity contribution in [2.24, 2.45) is 0 Å². The zero-order valence-electron chi connectivity index (χ0n) is 13.5. The SMILES string of the molecule is C[C@@H]1Oc2ccc(NC(=O)COc3ccccc3)cc2N(C)C1=O. The molecule has 0 aliphatic carbocycles. The highest BCUT2D eigenvalue weighted by Crippen LogP contribution is 2.35. The number of ether oxygens (including phenoxy) is 2. The summed E-state index contributed by atoms with van der Waals surface area (Å²) >= 11 is 0. The number of nitrogens with zero attached hydrogens (tertiary/aromatic N) is 1. The third-order valence-corrected chi connectivity index (χ3v) is 3.70. The molecule has 0 spiro atoms. The number of carbonyl (C=O) groups excluding carboxylic acids is 2. The smallest absolute Gasteiger partial charge is 0.267 e. The highest BCUT2D eigenvalue weighted by atomic mass is 16.5. The number of para-hydroxylation sites is 1. The number of amides is 2. The fourth-order valence-corrected chi connectivity index (χ4v) is 2.45. The number of nitrogens with one attached hydrogen (secondary N) is 1. The van der Waals surface area contributed by atoms with Crippen molar-refractivity contribution in [3.63, 3.8) is 0 Å². The molecule has 0 fully saturated rings. The molecule has 6 nitrogen and oxygen atoms in total. The van der Waals surface area contributed by atoms with Crippen LogP contribution in [0.4, 0.5) is 11.4 Å². The van der Waals surface area contributed by atoms with Gasteiger partial charge in [0.1, 0.15) is 11.5 Å². The molecule has 1 aliphatic heterocycles. The molecule has 0 saturated carbocycles. The van der Waals surface area contributed by atoms with Crippen LogP contribution in [0.15, 0.2) is 48.5 Å². The maximum absolute atomic E-state index is 12.0. The summed E-state index contributed by atoms with van der Waals surface area (Å²) in [5.74, 6) is 0.838. The van der Waals surface area contributed by atoms with Crippen molar-refractivity contribution < 1.29 is 19.1 Å². The van der Waals surface area contributed by atoms with Crippen molar-refractivity contribution in [1.82, 2.24) is 0 Å². The van der Waals surface area contributed by atoms with E-state index in [1.165, 1.54) is 4.90 Å². The normalized spacial score (nSPS) is 16.2. The van der Waals surface area contributed by atoms with Gasteiger partial charge >= 0.3 is 0 Å². The largest absolute Gasteiger partial charge is 0.484 e. The molecule has 3 rings (SSSR count). The molecule has 1 atom stereocenters. The Kier molecular flexibility index (Phi) is 4.37. The van der Waals surface area contributed by atoms with Crippen molar-refractivity contribution >= 4 is 23.2 Å². The molecule has 2 aromatic carbocycles. The predicted octanol–water partition coefficient (Wildman–Crippen LogP) is 2.45. The summed E-state index contributed by atoms with van der Waals surface area (Å²) in [6.07, 6.45) is -0.512. The standard InChI is InChI=1S/C18H18N2O4/c1-12-18(22)20(2)15-10-13(8-9-16(15)24-12)19-17(21)11-23-14-6-4-3-5-7-14/h3-10,12H,11H2,1-2H3,(H,19,21)/t12-/m0/s1. The zero-order chi connectivity index (χ0) is 17.1. The summed E-state index contributed by atoms with van der Waals surface area (Å²) in [5.41, 5.74) is 1.20. The highest BCUT2D eigenvalue weighted by Gasteiger charge is 2.29. The third kappa shape index (κ3) is 3.32. The Labute approximate surface area is 140 Å². The second-order valence-corrected chi connectivity index (χ2v) is 5.49. The van der Waals surface area contributed by atoms with Crippen LogP contribution in [0.1, 0.15) is 6.92 Å². The van der Waals surface area contributed by atoms with E-state index in [1.54, 1.807) is 44.3 Å². The molecule has 1 aliphatic rings. The van der Waals surface area contributed by atoms with Crippen molar-refractivity contribution in [1.29, 1.82) is 0 Å². The lowest BCUT2D eigenvalue weighted by atomic mass is 10.2. The monoisotopic (exact) mass is 326 g/mol. The molecule has 0 unspecified atom stereocenters. The number of fused-ring (bicyclic) bond motifs is 1. The van der Waals surface area contributed by atoms with E-state index < -0.39 is 6.10 Å². The first-order valence-corrected chi connectivity index (χ1v) is 7.60. The average Bonchev–Trinajstić information content (AvgIpc) is 2.59. The lowest BCUT2D eigenvalue weighted by molar-refractivity contribution is -0.125. The van der Waals surface area contributed by atoms with Gasteiger partial charge in [0.05, 0.1) is 5.69 Å². The van der Waals surface area contributed by atoms with E-state index >= 15 is 0 Å². The lowest BCUT2D eigenvalue weighted by Crippen LogP contribution is -2.42. The molecule has 1 N–H and O–H groups in total. The summed E-state index contributed by atoms with van der Waals surface area (Å²) in [5, 5.41) is 2.75. The van der Waals surface area contributed by atoms with Crippen LogP contribution in [0.2, 0.25) is 0 Å². The number of likely N-dealkylation sites (N-methyl/N-ethyl adjacent to an activating group) is 1. The van der Waals surface area contributed by atoms with Crippen molar-refractivity contribution in [2.75, 3.05) is 23.9 Å². The van der Waals surface area contributed by atoms with Crippen LogP contribution in [0.25, 0.3) is 0 Å². The van der Waals surface area contributed by atoms with Crippen LogP contribution >= 0.6 is 0 Å². The van der Waals surface area contributed by atoms with E-state index in [0.29, 0.717) is 22.9 Å². The Bertz CT molecular complexity index is 761. The first-order chi connectivity index (χ1) is 11.5. The first kappa shape index (κ1) is 15.9. The maximum Gasteiger partial charge on any atom is 0.267 e. The van der Waals surface area contributed by atoms with Gasteiger partial charge in [0.2, 0.25) is 0 Å². The van der Waals surface area contributed by atoms with Gasteiger partial charge in [0.25, 0.3) is 11.8 Å². The molecule has 6 heteroatoms. The molecule has 0 saturated heterocycles. The summed E-state index contributed by atoms with van der Waals surface area (Å²) < 4.78 is 11.0. The number of anilines is 2. The quantitative estimate of drug-likeness (QED) is 0.937. The number of hydrogen-bond acceptors (Lipinski definition) is 4. The second-order valence-electron chi connectivity index (χ2n) is 5.49. The van der Waals surface area contributed by atoms with Gasteiger partial charge in [-0.05, 0) is 37.3 Å². The molecule has 0 aromatic heterocycles. The van der Waals surface area contributed by atoms with Crippen molar-refractivity contribution in [3.05, 3.63) is 48.5 Å². The van der Waals surface area contributed by atoms with Gasteiger partial charge < -0.3 is 19.7 Å². The van der Waals surface area contributed by atoms with Crippen molar-refractivity contribution in [3.8, 4) is 11.5 Å². The van der Waals surface area contributed by atoms with E-state index in [0.717, 1.165) is 0 Å². The second kappa shape index (κ2) is 6.62. The van der Waals surface area contributed by atoms with E-state index in [-0.39, 0.29) is 18.4 Å². The van der Waals surface area contributed by atoms with Crippen LogP contribution in [0, 0.1) is 0 Å². The minimum absolute atomic E-state index is 0.0938. The third-order valence-electron chi connectivity index (χ3n) is 3.70. The summed E-state index contributed by atoms with van der Waals surface area (Å²) in [7, 11) is 1.68. The van der Waals surface area contributed by atoms with Crippen molar-refractivity contribution in [2.45, 2.75) is 13.0 Å². The lowest BCUT2D eigenvalue weighted by Gasteiger charge is -2.30. The van der Waals surface area contributed by atoms with Gasteiger partial charge in [-0.1, -0.05) is 18.2 Å². The highest BCUT2D eigenvalue weighted by molar-refractivity contribution is 6.00. The molecule has 0 bridgehead atoms. The molecule has 24 heavy (non-hydrogen) atoms. The zero-order valence-corrected chi connectivity index (χ0v) is 13.5. The molecular formula is C18H18N2O4. The van der Waals surface area contributed by atoms with Gasteiger partial charge in [0, 0.05) is 12.7 Å². The molecule has 2 aromatic rings. The van der Waals surface area contributed by atoms with E-state index in [4.69, 9.17) is 9.47 Å². The summed E-state index contributed by atoms with van der Waals surface area (Å²) in [4.78, 5) is 25.5. The molecule has 2 amide bonds. The molecule has 0 radical (unpaired) electrons. The van der Waals surface area contributed by atoms with Gasteiger partial charge in [-0.15, -0.1) is 0 Å². The summed E-state index contributed by atoms with van der Waals surface area (Å²) in [6, 6.07) is 14.3.